The summed E-state index contributed by atoms with van der Waals surface area (Å²) in [7, 11) is 0. The third-order valence-electron chi connectivity index (χ3n) is 6.51. The number of carbonyl (C=O) groups excluding carboxylic acids is 2. The molecule has 3 heterocycles. The minimum absolute atomic E-state index is 0.177. The van der Waals surface area contributed by atoms with Crippen molar-refractivity contribution in [3.63, 3.8) is 0 Å². The van der Waals surface area contributed by atoms with Gasteiger partial charge in [-0.15, -0.1) is 0 Å². The van der Waals surface area contributed by atoms with E-state index in [0.717, 1.165) is 64.7 Å². The Balaban J connectivity index is 1.37. The van der Waals surface area contributed by atoms with Crippen LogP contribution in [0.4, 0.5) is 0 Å². The molecule has 0 unspecified atom stereocenters. The fourth-order valence-corrected chi connectivity index (χ4v) is 4.69. The van der Waals surface area contributed by atoms with Crippen LogP contribution in [-0.4, -0.2) is 72.0 Å². The molecule has 3 saturated heterocycles. The van der Waals surface area contributed by atoms with Crippen LogP contribution in [0.15, 0.2) is 0 Å². The van der Waals surface area contributed by atoms with Crippen molar-refractivity contribution in [2.24, 2.45) is 17.8 Å². The standard InChI is InChI=1S/C20H33N3O4/c24-18(22-9-3-16(4-10-22)14-19(25)26)13-15-5-11-23(12-6-15)20(27)17-1-7-21-8-2-17/h15-17,21H,1-14H2,(H,25,26). The molecular weight excluding hydrogens is 346 g/mol. The second-order valence-electron chi connectivity index (χ2n) is 8.42. The highest BCUT2D eigenvalue weighted by atomic mass is 16.4. The normalized spacial score (nSPS) is 23.4. The Bertz CT molecular complexity index is 531. The van der Waals surface area contributed by atoms with Gasteiger partial charge in [0.25, 0.3) is 0 Å². The zero-order valence-corrected chi connectivity index (χ0v) is 16.2. The van der Waals surface area contributed by atoms with E-state index in [4.69, 9.17) is 5.11 Å². The van der Waals surface area contributed by atoms with Gasteiger partial charge in [0.1, 0.15) is 0 Å². The molecule has 7 nitrogen and oxygen atoms in total. The molecule has 0 spiro atoms. The SMILES string of the molecule is O=C(O)CC1CCN(C(=O)CC2CCN(C(=O)C3CCNCC3)CC2)CC1. The summed E-state index contributed by atoms with van der Waals surface area (Å²) in [5, 5.41) is 12.2. The summed E-state index contributed by atoms with van der Waals surface area (Å²) in [6.07, 6.45) is 6.08. The monoisotopic (exact) mass is 379 g/mol. The Hall–Kier alpha value is -1.63. The first-order valence-electron chi connectivity index (χ1n) is 10.5. The Labute approximate surface area is 161 Å². The number of carbonyl (C=O) groups is 3. The van der Waals surface area contributed by atoms with Gasteiger partial charge in [-0.05, 0) is 63.5 Å². The first kappa shape index (κ1) is 20.1. The second kappa shape index (κ2) is 9.53. The van der Waals surface area contributed by atoms with Crippen LogP contribution in [0.1, 0.15) is 51.4 Å². The van der Waals surface area contributed by atoms with Crippen LogP contribution in [0, 0.1) is 17.8 Å². The summed E-state index contributed by atoms with van der Waals surface area (Å²) >= 11 is 0. The zero-order chi connectivity index (χ0) is 19.2. The van der Waals surface area contributed by atoms with Crippen molar-refractivity contribution in [2.75, 3.05) is 39.3 Å². The molecule has 27 heavy (non-hydrogen) atoms. The Kier molecular flexibility index (Phi) is 7.10. The lowest BCUT2D eigenvalue weighted by molar-refractivity contribution is -0.139. The fraction of sp³-hybridized carbons (Fsp3) is 0.850. The van der Waals surface area contributed by atoms with Crippen LogP contribution in [0.5, 0.6) is 0 Å². The van der Waals surface area contributed by atoms with Crippen molar-refractivity contribution in [2.45, 2.75) is 51.4 Å². The molecule has 3 aliphatic heterocycles. The number of hydrogen-bond donors (Lipinski definition) is 2. The van der Waals surface area contributed by atoms with E-state index in [-0.39, 0.29) is 24.2 Å². The first-order chi connectivity index (χ1) is 13.0. The minimum atomic E-state index is -0.745. The van der Waals surface area contributed by atoms with E-state index in [0.29, 0.717) is 31.3 Å². The van der Waals surface area contributed by atoms with Crippen molar-refractivity contribution in [3.8, 4) is 0 Å². The van der Waals surface area contributed by atoms with E-state index >= 15 is 0 Å². The average molecular weight is 380 g/mol. The first-order valence-corrected chi connectivity index (χ1v) is 10.5. The van der Waals surface area contributed by atoms with Gasteiger partial charge in [0.05, 0.1) is 0 Å². The lowest BCUT2D eigenvalue weighted by atomic mass is 9.89. The summed E-state index contributed by atoms with van der Waals surface area (Å²) < 4.78 is 0. The van der Waals surface area contributed by atoms with Crippen molar-refractivity contribution >= 4 is 17.8 Å². The van der Waals surface area contributed by atoms with Gasteiger partial charge in [-0.2, -0.15) is 0 Å². The Morgan fingerprint density at radius 3 is 1.85 bits per heavy atom. The number of carboxylic acids is 1. The van der Waals surface area contributed by atoms with Crippen LogP contribution >= 0.6 is 0 Å². The largest absolute Gasteiger partial charge is 0.481 e. The van der Waals surface area contributed by atoms with Crippen LogP contribution in [0.3, 0.4) is 0 Å². The van der Waals surface area contributed by atoms with E-state index < -0.39 is 5.97 Å². The topological polar surface area (TPSA) is 90.0 Å². The van der Waals surface area contributed by atoms with E-state index in [1.165, 1.54) is 0 Å². The summed E-state index contributed by atoms with van der Waals surface area (Å²) in [4.78, 5) is 39.9. The second-order valence-corrected chi connectivity index (χ2v) is 8.42. The highest BCUT2D eigenvalue weighted by Gasteiger charge is 2.31. The molecule has 0 aromatic carbocycles. The summed E-state index contributed by atoms with van der Waals surface area (Å²) in [6, 6.07) is 0. The summed E-state index contributed by atoms with van der Waals surface area (Å²) in [5.41, 5.74) is 0. The molecule has 7 heteroatoms. The van der Waals surface area contributed by atoms with Crippen LogP contribution in [0.25, 0.3) is 0 Å². The Morgan fingerprint density at radius 1 is 0.778 bits per heavy atom. The number of nitrogens with one attached hydrogen (secondary N) is 1. The van der Waals surface area contributed by atoms with Crippen molar-refractivity contribution in [3.05, 3.63) is 0 Å². The molecule has 0 bridgehead atoms. The molecule has 152 valence electrons. The highest BCUT2D eigenvalue weighted by molar-refractivity contribution is 5.79. The van der Waals surface area contributed by atoms with Crippen LogP contribution in [-0.2, 0) is 14.4 Å². The maximum Gasteiger partial charge on any atom is 0.303 e. The summed E-state index contributed by atoms with van der Waals surface area (Å²) in [6.45, 7) is 4.80. The predicted octanol–water partition coefficient (Wildman–Crippen LogP) is 1.33. The fourth-order valence-electron chi connectivity index (χ4n) is 4.69. The van der Waals surface area contributed by atoms with E-state index in [1.54, 1.807) is 0 Å². The molecule has 3 aliphatic rings. The quantitative estimate of drug-likeness (QED) is 0.752. The van der Waals surface area contributed by atoms with Gasteiger partial charge in [0.2, 0.25) is 11.8 Å². The number of piperidine rings is 3. The van der Waals surface area contributed by atoms with E-state index in [2.05, 4.69) is 5.32 Å². The van der Waals surface area contributed by atoms with Gasteiger partial charge < -0.3 is 20.2 Å². The molecule has 0 aromatic heterocycles. The maximum absolute atomic E-state index is 12.6. The van der Waals surface area contributed by atoms with Crippen LogP contribution in [0.2, 0.25) is 0 Å². The zero-order valence-electron chi connectivity index (χ0n) is 16.2. The molecule has 3 rings (SSSR count). The smallest absolute Gasteiger partial charge is 0.303 e. The van der Waals surface area contributed by atoms with E-state index in [9.17, 15) is 14.4 Å². The Morgan fingerprint density at radius 2 is 1.30 bits per heavy atom. The highest BCUT2D eigenvalue weighted by Crippen LogP contribution is 2.26. The molecule has 0 aromatic rings. The average Bonchev–Trinajstić information content (AvgIpc) is 2.69. The lowest BCUT2D eigenvalue weighted by Crippen LogP contribution is -2.45. The number of aliphatic carboxylic acids is 1. The maximum atomic E-state index is 12.6. The van der Waals surface area contributed by atoms with Crippen molar-refractivity contribution in [1.82, 2.24) is 15.1 Å². The number of carboxylic acid groups (broad SMARTS) is 1. The molecule has 0 aliphatic carbocycles. The minimum Gasteiger partial charge on any atom is -0.481 e. The predicted molar refractivity (Wildman–Crippen MR) is 101 cm³/mol. The third-order valence-corrected chi connectivity index (χ3v) is 6.51. The van der Waals surface area contributed by atoms with Gasteiger partial charge in [-0.3, -0.25) is 14.4 Å². The van der Waals surface area contributed by atoms with Gasteiger partial charge in [0.15, 0.2) is 0 Å². The van der Waals surface area contributed by atoms with Crippen LogP contribution < -0.4 is 5.32 Å². The molecule has 0 saturated carbocycles. The molecule has 3 fully saturated rings. The molecular formula is C20H33N3O4. The number of likely N-dealkylation sites (tertiary alicyclic amines) is 2. The third kappa shape index (κ3) is 5.67. The number of amides is 2. The van der Waals surface area contributed by atoms with Gasteiger partial charge >= 0.3 is 5.97 Å². The molecule has 2 amide bonds. The van der Waals surface area contributed by atoms with E-state index in [1.807, 2.05) is 9.80 Å². The summed E-state index contributed by atoms with van der Waals surface area (Å²) in [5.74, 6) is 0.512. The van der Waals surface area contributed by atoms with Crippen molar-refractivity contribution < 1.29 is 19.5 Å². The number of rotatable bonds is 5. The van der Waals surface area contributed by atoms with Gasteiger partial charge in [-0.1, -0.05) is 0 Å². The molecule has 2 N–H and O–H groups in total. The molecule has 0 radical (unpaired) electrons. The number of hydrogen-bond acceptors (Lipinski definition) is 4. The van der Waals surface area contributed by atoms with Gasteiger partial charge in [0, 0.05) is 44.9 Å². The van der Waals surface area contributed by atoms with Gasteiger partial charge in [-0.25, -0.2) is 0 Å². The molecule has 0 atom stereocenters. The lowest BCUT2D eigenvalue weighted by Gasteiger charge is -2.36. The number of nitrogens with zero attached hydrogens (tertiary/aromatic N) is 2. The van der Waals surface area contributed by atoms with Crippen molar-refractivity contribution in [1.29, 1.82) is 0 Å².